The predicted molar refractivity (Wildman–Crippen MR) is 136 cm³/mol. The molecule has 0 unspecified atom stereocenters. The fourth-order valence-corrected chi connectivity index (χ4v) is 4.31. The molecule has 0 amide bonds. The number of phenolic OH excluding ortho intramolecular Hbond substituents is 1. The number of esters is 1. The fourth-order valence-electron chi connectivity index (χ4n) is 4.07. The van der Waals surface area contributed by atoms with Crippen molar-refractivity contribution in [3.8, 4) is 23.0 Å². The van der Waals surface area contributed by atoms with Crippen LogP contribution in [0.4, 0.5) is 5.69 Å². The molecule has 2 N–H and O–H groups in total. The van der Waals surface area contributed by atoms with Crippen molar-refractivity contribution in [2.75, 3.05) is 27.4 Å². The number of nitrogens with zero attached hydrogens (tertiary/aromatic N) is 3. The van der Waals surface area contributed by atoms with Gasteiger partial charge >= 0.3 is 5.97 Å². The SMILES string of the molecule is CCOC(=O)Cn1c(=O)c(O)c2c3c(c(OC)c(OC)cc31)N=C(Cl)C2=NCCc1ccc(O)cc1. The van der Waals surface area contributed by atoms with Gasteiger partial charge in [0, 0.05) is 18.0 Å². The van der Waals surface area contributed by atoms with Crippen LogP contribution in [0, 0.1) is 0 Å². The summed E-state index contributed by atoms with van der Waals surface area (Å²) in [7, 11) is 2.86. The Hall–Kier alpha value is -4.05. The molecule has 3 aromatic rings. The van der Waals surface area contributed by atoms with Crippen LogP contribution < -0.4 is 15.0 Å². The number of aromatic nitrogens is 1. The lowest BCUT2D eigenvalue weighted by Gasteiger charge is -2.23. The number of phenols is 1. The summed E-state index contributed by atoms with van der Waals surface area (Å²) in [5.74, 6) is -0.616. The number of ether oxygens (including phenoxy) is 3. The van der Waals surface area contributed by atoms with Gasteiger partial charge in [-0.3, -0.25) is 19.1 Å². The molecule has 2 aromatic carbocycles. The maximum Gasteiger partial charge on any atom is 0.326 e. The maximum atomic E-state index is 13.2. The second-order valence-electron chi connectivity index (χ2n) is 7.82. The van der Waals surface area contributed by atoms with Gasteiger partial charge in [0.05, 0.1) is 31.9 Å². The molecule has 188 valence electrons. The highest BCUT2D eigenvalue weighted by Gasteiger charge is 2.32. The smallest absolute Gasteiger partial charge is 0.326 e. The zero-order valence-corrected chi connectivity index (χ0v) is 20.6. The Bertz CT molecular complexity index is 1460. The maximum absolute atomic E-state index is 13.2. The Kier molecular flexibility index (Phi) is 7.16. The van der Waals surface area contributed by atoms with Gasteiger partial charge in [-0.2, -0.15) is 0 Å². The number of rotatable bonds is 8. The third-order valence-corrected chi connectivity index (χ3v) is 5.95. The number of carbonyl (C=O) groups excluding carboxylic acids is 1. The third-order valence-electron chi connectivity index (χ3n) is 5.69. The topological polar surface area (TPSA) is 132 Å². The van der Waals surface area contributed by atoms with Crippen LogP contribution in [-0.2, 0) is 22.5 Å². The zero-order chi connectivity index (χ0) is 26.0. The van der Waals surface area contributed by atoms with E-state index in [0.717, 1.165) is 10.1 Å². The summed E-state index contributed by atoms with van der Waals surface area (Å²) in [5.41, 5.74) is 0.841. The lowest BCUT2D eigenvalue weighted by atomic mass is 9.98. The number of aliphatic imine (C=N–C) groups is 2. The number of methoxy groups -OCH3 is 2. The van der Waals surface area contributed by atoms with Gasteiger partial charge in [-0.25, -0.2) is 4.99 Å². The first-order valence-corrected chi connectivity index (χ1v) is 11.5. The monoisotopic (exact) mass is 513 g/mol. The van der Waals surface area contributed by atoms with Crippen LogP contribution in [0.3, 0.4) is 0 Å². The van der Waals surface area contributed by atoms with E-state index in [9.17, 15) is 19.8 Å². The molecule has 10 nitrogen and oxygen atoms in total. The van der Waals surface area contributed by atoms with Crippen LogP contribution in [0.15, 0.2) is 45.1 Å². The van der Waals surface area contributed by atoms with Gasteiger partial charge in [-0.15, -0.1) is 0 Å². The molecule has 2 heterocycles. The van der Waals surface area contributed by atoms with E-state index in [0.29, 0.717) is 11.8 Å². The Morgan fingerprint density at radius 3 is 2.53 bits per heavy atom. The van der Waals surface area contributed by atoms with E-state index >= 15 is 0 Å². The molecule has 11 heteroatoms. The molecule has 0 spiro atoms. The van der Waals surface area contributed by atoms with Crippen molar-refractivity contribution in [2.24, 2.45) is 9.98 Å². The Balaban J connectivity index is 1.93. The van der Waals surface area contributed by atoms with Crippen molar-refractivity contribution in [1.29, 1.82) is 0 Å². The number of halogens is 1. The molecule has 0 saturated carbocycles. The first-order valence-electron chi connectivity index (χ1n) is 11.1. The van der Waals surface area contributed by atoms with Gasteiger partial charge < -0.3 is 24.4 Å². The van der Waals surface area contributed by atoms with Gasteiger partial charge in [0.15, 0.2) is 22.4 Å². The highest BCUT2D eigenvalue weighted by Crippen LogP contribution is 2.48. The van der Waals surface area contributed by atoms with E-state index in [1.807, 2.05) is 0 Å². The quantitative estimate of drug-likeness (QED) is 0.441. The minimum absolute atomic E-state index is 0.0427. The summed E-state index contributed by atoms with van der Waals surface area (Å²) in [4.78, 5) is 34.5. The average molecular weight is 514 g/mol. The number of carbonyl (C=O) groups is 1. The molecular formula is C25H24ClN3O7. The summed E-state index contributed by atoms with van der Waals surface area (Å²) in [5, 5.41) is 20.8. The van der Waals surface area contributed by atoms with Crippen LogP contribution in [0.25, 0.3) is 10.9 Å². The number of aromatic hydroxyl groups is 2. The molecule has 0 aliphatic carbocycles. The Labute approximate surface area is 211 Å². The minimum Gasteiger partial charge on any atom is -0.508 e. The van der Waals surface area contributed by atoms with Crippen molar-refractivity contribution in [3.63, 3.8) is 0 Å². The Morgan fingerprint density at radius 2 is 1.89 bits per heavy atom. The number of benzene rings is 2. The van der Waals surface area contributed by atoms with Crippen molar-refractivity contribution < 1.29 is 29.2 Å². The fraction of sp³-hybridized carbons (Fsp3) is 0.280. The normalized spacial score (nSPS) is 13.6. The third kappa shape index (κ3) is 4.47. The minimum atomic E-state index is -0.818. The number of hydrogen-bond donors (Lipinski definition) is 2. The van der Waals surface area contributed by atoms with Crippen LogP contribution in [0.1, 0.15) is 18.1 Å². The lowest BCUT2D eigenvalue weighted by molar-refractivity contribution is -0.143. The van der Waals surface area contributed by atoms with Gasteiger partial charge in [-0.1, -0.05) is 23.7 Å². The van der Waals surface area contributed by atoms with Crippen molar-refractivity contribution in [1.82, 2.24) is 4.57 Å². The number of hydrogen-bond acceptors (Lipinski definition) is 9. The summed E-state index contributed by atoms with van der Waals surface area (Å²) in [6, 6.07) is 8.22. The molecule has 4 rings (SSSR count). The second kappa shape index (κ2) is 10.3. The van der Waals surface area contributed by atoms with Crippen molar-refractivity contribution in [3.05, 3.63) is 51.8 Å². The number of pyridine rings is 1. The predicted octanol–water partition coefficient (Wildman–Crippen LogP) is 3.31. The van der Waals surface area contributed by atoms with E-state index in [2.05, 4.69) is 9.98 Å². The van der Waals surface area contributed by atoms with Crippen molar-refractivity contribution in [2.45, 2.75) is 19.9 Å². The average Bonchev–Trinajstić information content (AvgIpc) is 2.86. The van der Waals surface area contributed by atoms with Crippen LogP contribution in [-0.4, -0.2) is 59.0 Å². The molecular weight excluding hydrogens is 490 g/mol. The molecule has 0 radical (unpaired) electrons. The van der Waals surface area contributed by atoms with Gasteiger partial charge in [-0.05, 0) is 31.0 Å². The molecule has 36 heavy (non-hydrogen) atoms. The van der Waals surface area contributed by atoms with Crippen LogP contribution in [0.2, 0.25) is 0 Å². The molecule has 1 aromatic heterocycles. The largest absolute Gasteiger partial charge is 0.508 e. The van der Waals surface area contributed by atoms with E-state index in [-0.39, 0.29) is 58.1 Å². The molecule has 1 aliphatic heterocycles. The summed E-state index contributed by atoms with van der Waals surface area (Å²) < 4.78 is 17.0. The van der Waals surface area contributed by atoms with Gasteiger partial charge in [0.2, 0.25) is 0 Å². The summed E-state index contributed by atoms with van der Waals surface area (Å²) >= 11 is 6.51. The van der Waals surface area contributed by atoms with E-state index < -0.39 is 23.8 Å². The summed E-state index contributed by atoms with van der Waals surface area (Å²) in [6.45, 7) is 1.62. The highest BCUT2D eigenvalue weighted by atomic mass is 35.5. The second-order valence-corrected chi connectivity index (χ2v) is 8.18. The van der Waals surface area contributed by atoms with Gasteiger partial charge in [0.1, 0.15) is 23.7 Å². The molecule has 0 saturated heterocycles. The molecule has 1 aliphatic rings. The van der Waals surface area contributed by atoms with Crippen molar-refractivity contribution >= 4 is 45.0 Å². The molecule has 0 atom stereocenters. The van der Waals surface area contributed by atoms with Crippen LogP contribution in [0.5, 0.6) is 23.0 Å². The zero-order valence-electron chi connectivity index (χ0n) is 19.9. The first-order chi connectivity index (χ1) is 17.3. The lowest BCUT2D eigenvalue weighted by Crippen LogP contribution is -2.29. The van der Waals surface area contributed by atoms with E-state index in [1.54, 1.807) is 31.2 Å². The first kappa shape index (κ1) is 25.1. The molecule has 0 bridgehead atoms. The summed E-state index contributed by atoms with van der Waals surface area (Å²) in [6.07, 6.45) is 0.510. The van der Waals surface area contributed by atoms with Crippen LogP contribution >= 0.6 is 11.6 Å². The highest BCUT2D eigenvalue weighted by molar-refractivity contribution is 6.87. The molecule has 0 fully saturated rings. The van der Waals surface area contributed by atoms with E-state index in [4.69, 9.17) is 25.8 Å². The Morgan fingerprint density at radius 1 is 1.17 bits per heavy atom. The van der Waals surface area contributed by atoms with Gasteiger partial charge in [0.25, 0.3) is 5.56 Å². The van der Waals surface area contributed by atoms with E-state index in [1.165, 1.54) is 20.3 Å². The standard InChI is InChI=1S/C25H24ClN3O7/c1-4-36-17(31)12-29-15-11-16(34-2)23(35-3)20-18(15)19(22(32)25(29)33)21(24(26)28-20)27-10-9-13-5-7-14(30)8-6-13/h5-8,11,30,32H,4,9-10,12H2,1-3H3.